The minimum absolute atomic E-state index is 0.144. The van der Waals surface area contributed by atoms with Gasteiger partial charge in [-0.25, -0.2) is 9.37 Å². The smallest absolute Gasteiger partial charge is 0.227 e. The summed E-state index contributed by atoms with van der Waals surface area (Å²) in [7, 11) is 0. The van der Waals surface area contributed by atoms with Gasteiger partial charge in [-0.05, 0) is 37.6 Å². The van der Waals surface area contributed by atoms with E-state index >= 15 is 0 Å². The van der Waals surface area contributed by atoms with Gasteiger partial charge in [0.25, 0.3) is 0 Å². The lowest BCUT2D eigenvalue weighted by molar-refractivity contribution is -0.116. The molecule has 32 heavy (non-hydrogen) atoms. The molecule has 164 valence electrons. The van der Waals surface area contributed by atoms with Crippen LogP contribution in [-0.4, -0.2) is 31.2 Å². The van der Waals surface area contributed by atoms with E-state index in [0.717, 1.165) is 16.7 Å². The number of hydrogen-bond acceptors (Lipinski definition) is 7. The molecular weight excluding hydrogens is 431 g/mol. The van der Waals surface area contributed by atoms with E-state index in [1.807, 2.05) is 31.2 Å². The summed E-state index contributed by atoms with van der Waals surface area (Å²) in [5, 5.41) is 14.4. The van der Waals surface area contributed by atoms with Crippen LogP contribution in [0.25, 0.3) is 11.4 Å². The van der Waals surface area contributed by atoms with Crippen LogP contribution in [0.4, 0.5) is 10.1 Å². The zero-order chi connectivity index (χ0) is 22.5. The molecule has 0 unspecified atom stereocenters. The highest BCUT2D eigenvalue weighted by Crippen LogP contribution is 2.22. The molecule has 0 aliphatic carbocycles. The standard InChI is InChI=1S/C22H21FN6O2S/c1-13-4-3-5-15(10-13)21-26-22(28-27-21)32-12-18-25-20(31-29-18)9-8-19(30)24-17-11-16(23)7-6-14(17)2/h3-7,10-11H,8-9,12H2,1-2H3,(H,24,30)(H,26,27,28). The fraction of sp³-hybridized carbons (Fsp3) is 0.227. The maximum atomic E-state index is 13.4. The first-order chi connectivity index (χ1) is 15.5. The van der Waals surface area contributed by atoms with Gasteiger partial charge in [0.2, 0.25) is 17.0 Å². The summed E-state index contributed by atoms with van der Waals surface area (Å²) in [6.07, 6.45) is 0.432. The molecule has 10 heteroatoms. The van der Waals surface area contributed by atoms with Crippen LogP contribution in [0.5, 0.6) is 0 Å². The first kappa shape index (κ1) is 21.7. The molecule has 0 spiro atoms. The fourth-order valence-electron chi connectivity index (χ4n) is 2.97. The van der Waals surface area contributed by atoms with Gasteiger partial charge in [0.15, 0.2) is 11.6 Å². The van der Waals surface area contributed by atoms with Crippen molar-refractivity contribution >= 4 is 23.4 Å². The molecule has 2 aromatic heterocycles. The number of halogens is 1. The van der Waals surface area contributed by atoms with Crippen LogP contribution >= 0.6 is 11.8 Å². The second-order valence-corrected chi connectivity index (χ2v) is 8.18. The Morgan fingerprint density at radius 2 is 2.06 bits per heavy atom. The van der Waals surface area contributed by atoms with E-state index in [1.165, 1.54) is 23.9 Å². The summed E-state index contributed by atoms with van der Waals surface area (Å²) in [4.78, 5) is 21.0. The third-order valence-electron chi connectivity index (χ3n) is 4.64. The molecule has 1 amide bonds. The third-order valence-corrected chi connectivity index (χ3v) is 5.48. The highest BCUT2D eigenvalue weighted by Gasteiger charge is 2.13. The van der Waals surface area contributed by atoms with Gasteiger partial charge in [0.1, 0.15) is 5.82 Å². The predicted molar refractivity (Wildman–Crippen MR) is 119 cm³/mol. The Morgan fingerprint density at radius 1 is 1.19 bits per heavy atom. The fourth-order valence-corrected chi connectivity index (χ4v) is 3.62. The summed E-state index contributed by atoms with van der Waals surface area (Å²) in [5.41, 5.74) is 3.36. The number of carbonyl (C=O) groups is 1. The lowest BCUT2D eigenvalue weighted by atomic mass is 10.1. The summed E-state index contributed by atoms with van der Waals surface area (Å²) in [6, 6.07) is 12.3. The average molecular weight is 453 g/mol. The predicted octanol–water partition coefficient (Wildman–Crippen LogP) is 4.47. The van der Waals surface area contributed by atoms with Gasteiger partial charge in [0.05, 0.1) is 5.75 Å². The molecule has 0 fully saturated rings. The molecule has 0 saturated carbocycles. The van der Waals surface area contributed by atoms with Crippen molar-refractivity contribution < 1.29 is 13.7 Å². The second-order valence-electron chi connectivity index (χ2n) is 7.24. The minimum Gasteiger partial charge on any atom is -0.339 e. The van der Waals surface area contributed by atoms with Crippen molar-refractivity contribution in [3.8, 4) is 11.4 Å². The van der Waals surface area contributed by atoms with Gasteiger partial charge in [-0.1, -0.05) is 46.7 Å². The van der Waals surface area contributed by atoms with Crippen molar-refractivity contribution in [1.82, 2.24) is 25.3 Å². The number of aromatic nitrogens is 5. The Hall–Kier alpha value is -3.53. The van der Waals surface area contributed by atoms with Gasteiger partial charge in [0, 0.05) is 24.1 Å². The van der Waals surface area contributed by atoms with Crippen molar-refractivity contribution in [3.05, 3.63) is 71.1 Å². The van der Waals surface area contributed by atoms with Crippen molar-refractivity contribution in [1.29, 1.82) is 0 Å². The van der Waals surface area contributed by atoms with Gasteiger partial charge >= 0.3 is 0 Å². The average Bonchev–Trinajstić information content (AvgIpc) is 3.43. The number of aryl methyl sites for hydroxylation is 3. The van der Waals surface area contributed by atoms with E-state index in [-0.39, 0.29) is 18.7 Å². The van der Waals surface area contributed by atoms with E-state index in [0.29, 0.717) is 34.1 Å². The van der Waals surface area contributed by atoms with Crippen LogP contribution in [0.15, 0.2) is 52.1 Å². The summed E-state index contributed by atoms with van der Waals surface area (Å²) >= 11 is 1.38. The number of hydrogen-bond donors (Lipinski definition) is 2. The molecule has 4 rings (SSSR count). The van der Waals surface area contributed by atoms with Crippen molar-refractivity contribution in [2.24, 2.45) is 0 Å². The van der Waals surface area contributed by atoms with Gasteiger partial charge < -0.3 is 9.84 Å². The highest BCUT2D eigenvalue weighted by molar-refractivity contribution is 7.98. The Labute approximate surface area is 188 Å². The van der Waals surface area contributed by atoms with Gasteiger partial charge in [-0.2, -0.15) is 4.98 Å². The number of anilines is 1. The lowest BCUT2D eigenvalue weighted by Gasteiger charge is -2.07. The Balaban J connectivity index is 1.27. The number of carbonyl (C=O) groups excluding carboxylic acids is 1. The van der Waals surface area contributed by atoms with Crippen molar-refractivity contribution in [2.75, 3.05) is 5.32 Å². The van der Waals surface area contributed by atoms with E-state index in [2.05, 4.69) is 30.6 Å². The number of thioether (sulfide) groups is 1. The SMILES string of the molecule is Cc1cccc(-c2nc(SCc3noc(CCC(=O)Nc4cc(F)ccc4C)n3)n[nH]2)c1. The zero-order valence-electron chi connectivity index (χ0n) is 17.6. The van der Waals surface area contributed by atoms with Crippen LogP contribution in [0.2, 0.25) is 0 Å². The molecule has 0 aliphatic rings. The normalized spacial score (nSPS) is 11.0. The summed E-state index contributed by atoms with van der Waals surface area (Å²) in [6.45, 7) is 3.82. The summed E-state index contributed by atoms with van der Waals surface area (Å²) in [5.74, 6) is 1.34. The molecule has 0 aliphatic heterocycles. The van der Waals surface area contributed by atoms with Crippen LogP contribution < -0.4 is 5.32 Å². The Morgan fingerprint density at radius 3 is 2.91 bits per heavy atom. The number of nitrogens with one attached hydrogen (secondary N) is 2. The molecule has 8 nitrogen and oxygen atoms in total. The van der Waals surface area contributed by atoms with E-state index in [4.69, 9.17) is 4.52 Å². The summed E-state index contributed by atoms with van der Waals surface area (Å²) < 4.78 is 18.6. The number of nitrogens with zero attached hydrogens (tertiary/aromatic N) is 4. The van der Waals surface area contributed by atoms with E-state index in [1.54, 1.807) is 13.0 Å². The number of aromatic amines is 1. The largest absolute Gasteiger partial charge is 0.339 e. The molecule has 0 saturated heterocycles. The number of rotatable bonds is 8. The molecule has 0 bridgehead atoms. The third kappa shape index (κ3) is 5.58. The monoisotopic (exact) mass is 452 g/mol. The number of H-pyrrole nitrogens is 1. The molecule has 2 N–H and O–H groups in total. The Kier molecular flexibility index (Phi) is 6.60. The van der Waals surface area contributed by atoms with Gasteiger partial charge in [-0.15, -0.1) is 5.10 Å². The number of amides is 1. The minimum atomic E-state index is -0.401. The second kappa shape index (κ2) is 9.73. The first-order valence-corrected chi connectivity index (χ1v) is 10.9. The molecule has 2 aromatic carbocycles. The molecule has 2 heterocycles. The van der Waals surface area contributed by atoms with Gasteiger partial charge in [-0.3, -0.25) is 9.89 Å². The lowest BCUT2D eigenvalue weighted by Crippen LogP contribution is -2.13. The zero-order valence-corrected chi connectivity index (χ0v) is 18.4. The van der Waals surface area contributed by atoms with E-state index in [9.17, 15) is 9.18 Å². The maximum Gasteiger partial charge on any atom is 0.227 e. The first-order valence-electron chi connectivity index (χ1n) is 9.96. The molecule has 0 atom stereocenters. The topological polar surface area (TPSA) is 110 Å². The van der Waals surface area contributed by atoms with Crippen LogP contribution in [0, 0.1) is 19.7 Å². The maximum absolute atomic E-state index is 13.4. The Bertz CT molecular complexity index is 1240. The van der Waals surface area contributed by atoms with Crippen LogP contribution in [0.1, 0.15) is 29.3 Å². The van der Waals surface area contributed by atoms with Crippen LogP contribution in [-0.2, 0) is 17.0 Å². The molecule has 4 aromatic rings. The van der Waals surface area contributed by atoms with E-state index < -0.39 is 5.82 Å². The van der Waals surface area contributed by atoms with Crippen molar-refractivity contribution in [2.45, 2.75) is 37.6 Å². The number of benzene rings is 2. The molecule has 0 radical (unpaired) electrons. The molecular formula is C22H21FN6O2S. The van der Waals surface area contributed by atoms with Crippen molar-refractivity contribution in [3.63, 3.8) is 0 Å². The van der Waals surface area contributed by atoms with Crippen LogP contribution in [0.3, 0.4) is 0 Å². The quantitative estimate of drug-likeness (QED) is 0.380. The highest BCUT2D eigenvalue weighted by atomic mass is 32.2.